The van der Waals surface area contributed by atoms with Crippen molar-refractivity contribution >= 4 is 34.4 Å². The number of nitrogens with zero attached hydrogens (tertiary/aromatic N) is 3. The first kappa shape index (κ1) is 35.0. The van der Waals surface area contributed by atoms with Gasteiger partial charge in [-0.05, 0) is 87.3 Å². The molecule has 2 N–H and O–H groups in total. The summed E-state index contributed by atoms with van der Waals surface area (Å²) in [5.74, 6) is 0.752. The predicted octanol–water partition coefficient (Wildman–Crippen LogP) is 7.85. The molecule has 0 amide bonds. The number of nitro groups is 1. The summed E-state index contributed by atoms with van der Waals surface area (Å²) in [7, 11) is 0. The fourth-order valence-corrected chi connectivity index (χ4v) is 5.67. The van der Waals surface area contributed by atoms with Gasteiger partial charge in [-0.25, -0.2) is 0 Å². The van der Waals surface area contributed by atoms with Crippen LogP contribution in [0.3, 0.4) is 0 Å². The summed E-state index contributed by atoms with van der Waals surface area (Å²) in [6.45, 7) is 5.51. The fourth-order valence-electron chi connectivity index (χ4n) is 5.37. The minimum Gasteiger partial charge on any atom is -0.495 e. The molecule has 4 rings (SSSR count). The molecule has 250 valence electrons. The van der Waals surface area contributed by atoms with Crippen molar-refractivity contribution in [3.05, 3.63) is 87.7 Å². The second kappa shape index (κ2) is 15.2. The van der Waals surface area contributed by atoms with Gasteiger partial charge in [-0.3, -0.25) is 15.0 Å². The molecular weight excluding hydrogens is 636 g/mol. The van der Waals surface area contributed by atoms with Crippen LogP contribution >= 0.6 is 12.2 Å². The highest BCUT2D eigenvalue weighted by molar-refractivity contribution is 7.80. The molecule has 1 heterocycles. The molecule has 8 nitrogen and oxygen atoms in total. The zero-order valence-corrected chi connectivity index (χ0v) is 25.9. The SMILES string of the molecule is C/C(=C\C=C/CN1CCN(C(=S)Nc2ccc(C(F)(F)F)cc2)CC1)OC1CCC(Nc2ccc([N+](=O)[O-])c(C(F)(F)F)c2)CC1. The number of hydrogen-bond acceptors (Lipinski definition) is 6. The van der Waals surface area contributed by atoms with E-state index in [2.05, 4.69) is 15.5 Å². The topological polar surface area (TPSA) is 82.9 Å². The molecule has 2 aromatic rings. The van der Waals surface area contributed by atoms with Crippen molar-refractivity contribution in [1.29, 1.82) is 0 Å². The molecule has 1 aliphatic carbocycles. The van der Waals surface area contributed by atoms with Gasteiger partial charge in [0.05, 0.1) is 22.3 Å². The highest BCUT2D eigenvalue weighted by Crippen LogP contribution is 2.38. The van der Waals surface area contributed by atoms with Crippen molar-refractivity contribution in [3.63, 3.8) is 0 Å². The minimum atomic E-state index is -4.83. The van der Waals surface area contributed by atoms with E-state index in [4.69, 9.17) is 17.0 Å². The molecule has 1 saturated carbocycles. The number of nitrogens with one attached hydrogen (secondary N) is 2. The monoisotopic (exact) mass is 671 g/mol. The molecule has 2 fully saturated rings. The second-order valence-electron chi connectivity index (χ2n) is 11.2. The molecule has 0 bridgehead atoms. The maximum atomic E-state index is 13.3. The van der Waals surface area contributed by atoms with E-state index in [1.807, 2.05) is 30.1 Å². The van der Waals surface area contributed by atoms with E-state index in [0.717, 1.165) is 49.7 Å². The van der Waals surface area contributed by atoms with E-state index >= 15 is 0 Å². The quantitative estimate of drug-likeness (QED) is 0.0697. The summed E-state index contributed by atoms with van der Waals surface area (Å²) in [6.07, 6.45) is -0.587. The van der Waals surface area contributed by atoms with Crippen LogP contribution in [0.2, 0.25) is 0 Å². The zero-order chi connectivity index (χ0) is 33.5. The van der Waals surface area contributed by atoms with Gasteiger partial charge < -0.3 is 20.3 Å². The van der Waals surface area contributed by atoms with Crippen LogP contribution in [0.1, 0.15) is 43.7 Å². The van der Waals surface area contributed by atoms with E-state index in [1.165, 1.54) is 18.2 Å². The van der Waals surface area contributed by atoms with Crippen molar-refractivity contribution in [2.24, 2.45) is 0 Å². The van der Waals surface area contributed by atoms with E-state index in [1.54, 1.807) is 0 Å². The Morgan fingerprint density at radius 1 is 0.978 bits per heavy atom. The molecular formula is C31H35F6N5O3S. The molecule has 0 atom stereocenters. The van der Waals surface area contributed by atoms with Gasteiger partial charge in [-0.2, -0.15) is 26.3 Å². The van der Waals surface area contributed by atoms with Crippen LogP contribution in [0.15, 0.2) is 66.5 Å². The number of anilines is 2. The van der Waals surface area contributed by atoms with Gasteiger partial charge in [0.25, 0.3) is 5.69 Å². The van der Waals surface area contributed by atoms with Gasteiger partial charge in [0.2, 0.25) is 0 Å². The summed E-state index contributed by atoms with van der Waals surface area (Å²) in [5.41, 5.74) is -2.25. The van der Waals surface area contributed by atoms with Crippen molar-refractivity contribution in [1.82, 2.24) is 9.80 Å². The molecule has 2 aliphatic rings. The van der Waals surface area contributed by atoms with Crippen molar-refractivity contribution < 1.29 is 36.0 Å². The van der Waals surface area contributed by atoms with Crippen molar-refractivity contribution in [2.45, 2.75) is 57.1 Å². The highest BCUT2D eigenvalue weighted by atomic mass is 32.1. The summed E-state index contributed by atoms with van der Waals surface area (Å²) in [6, 6.07) is 7.67. The Hall–Kier alpha value is -3.85. The van der Waals surface area contributed by atoms with Gasteiger partial charge in [-0.1, -0.05) is 12.2 Å². The zero-order valence-electron chi connectivity index (χ0n) is 25.0. The van der Waals surface area contributed by atoms with Crippen molar-refractivity contribution in [3.8, 4) is 0 Å². The smallest absolute Gasteiger partial charge is 0.423 e. The lowest BCUT2D eigenvalue weighted by Gasteiger charge is -2.35. The molecule has 1 saturated heterocycles. The summed E-state index contributed by atoms with van der Waals surface area (Å²) in [5, 5.41) is 17.5. The van der Waals surface area contributed by atoms with Crippen LogP contribution in [0, 0.1) is 10.1 Å². The third-order valence-corrected chi connectivity index (χ3v) is 8.21. The average Bonchev–Trinajstić information content (AvgIpc) is 3.00. The van der Waals surface area contributed by atoms with Crippen molar-refractivity contribution in [2.75, 3.05) is 43.4 Å². The number of ether oxygens (including phenoxy) is 1. The third-order valence-electron chi connectivity index (χ3n) is 7.85. The van der Waals surface area contributed by atoms with Gasteiger partial charge in [0.15, 0.2) is 5.11 Å². The van der Waals surface area contributed by atoms with Crippen LogP contribution in [0.5, 0.6) is 0 Å². The van der Waals surface area contributed by atoms with E-state index in [0.29, 0.717) is 49.6 Å². The number of rotatable bonds is 9. The molecule has 0 spiro atoms. The fraction of sp³-hybridized carbons (Fsp3) is 0.452. The van der Waals surface area contributed by atoms with Crippen LogP contribution < -0.4 is 10.6 Å². The number of nitro benzene ring substituents is 1. The summed E-state index contributed by atoms with van der Waals surface area (Å²) < 4.78 is 84.2. The Bertz CT molecular complexity index is 1420. The predicted molar refractivity (Wildman–Crippen MR) is 167 cm³/mol. The maximum absolute atomic E-state index is 13.3. The lowest BCUT2D eigenvalue weighted by molar-refractivity contribution is -0.388. The number of hydrogen-bond donors (Lipinski definition) is 2. The normalized spacial score (nSPS) is 20.1. The minimum absolute atomic E-state index is 0.0154. The first-order chi connectivity index (χ1) is 21.7. The number of piperazine rings is 1. The number of allylic oxidation sites excluding steroid dienone is 3. The molecule has 2 aromatic carbocycles. The highest BCUT2D eigenvalue weighted by Gasteiger charge is 2.38. The molecule has 1 aliphatic heterocycles. The largest absolute Gasteiger partial charge is 0.495 e. The molecule has 0 radical (unpaired) electrons. The first-order valence-corrected chi connectivity index (χ1v) is 15.2. The van der Waals surface area contributed by atoms with E-state index < -0.39 is 34.1 Å². The Morgan fingerprint density at radius 3 is 2.20 bits per heavy atom. The molecule has 0 aromatic heterocycles. The Kier molecular flexibility index (Phi) is 11.5. The Labute approximate surface area is 268 Å². The van der Waals surface area contributed by atoms with Crippen LogP contribution in [0.4, 0.5) is 43.4 Å². The summed E-state index contributed by atoms with van der Waals surface area (Å²) >= 11 is 5.44. The Morgan fingerprint density at radius 2 is 1.61 bits per heavy atom. The van der Waals surface area contributed by atoms with Crippen LogP contribution in [-0.2, 0) is 17.1 Å². The lowest BCUT2D eigenvalue weighted by atomic mass is 9.92. The van der Waals surface area contributed by atoms with E-state index in [-0.39, 0.29) is 17.8 Å². The molecule has 15 heteroatoms. The lowest BCUT2D eigenvalue weighted by Crippen LogP contribution is -2.49. The molecule has 0 unspecified atom stereocenters. The first-order valence-electron chi connectivity index (χ1n) is 14.8. The average molecular weight is 672 g/mol. The number of thiocarbonyl (C=S) groups is 1. The maximum Gasteiger partial charge on any atom is 0.423 e. The van der Waals surface area contributed by atoms with Gasteiger partial charge in [0.1, 0.15) is 5.56 Å². The Balaban J connectivity index is 1.14. The van der Waals surface area contributed by atoms with E-state index in [9.17, 15) is 36.5 Å². The van der Waals surface area contributed by atoms with Crippen LogP contribution in [0.25, 0.3) is 0 Å². The second-order valence-corrected chi connectivity index (χ2v) is 11.6. The standard InChI is InChI=1S/C31H35F6N5O3S/c1-21(45-26-12-9-23(10-13-26)38-25-11-14-28(42(43)44)27(20-25)31(35,36)37)4-2-3-15-40-16-18-41(19-17-40)29(46)39-24-7-5-22(6-8-24)30(32,33)34/h2-8,11,14,20,23,26,38H,9-10,12-13,15-19H2,1H3,(H,39,46)/b3-2-,21-4+. The number of alkyl halides is 6. The number of halogens is 6. The summed E-state index contributed by atoms with van der Waals surface area (Å²) in [4.78, 5) is 14.2. The van der Waals surface area contributed by atoms with Gasteiger partial charge in [0, 0.05) is 56.2 Å². The van der Waals surface area contributed by atoms with Crippen LogP contribution in [-0.4, -0.2) is 64.7 Å². The number of benzene rings is 2. The van der Waals surface area contributed by atoms with Gasteiger partial charge >= 0.3 is 12.4 Å². The third kappa shape index (κ3) is 10.1. The molecule has 46 heavy (non-hydrogen) atoms. The van der Waals surface area contributed by atoms with Gasteiger partial charge in [-0.15, -0.1) is 0 Å².